The van der Waals surface area contributed by atoms with E-state index in [-0.39, 0.29) is 0 Å². The molecule has 0 bridgehead atoms. The lowest BCUT2D eigenvalue weighted by molar-refractivity contribution is 0.601. The van der Waals surface area contributed by atoms with Crippen molar-refractivity contribution in [2.75, 3.05) is 0 Å². The molecule has 0 aliphatic heterocycles. The van der Waals surface area contributed by atoms with Gasteiger partial charge >= 0.3 is 0 Å². The lowest BCUT2D eigenvalue weighted by Gasteiger charge is -2.03. The molecule has 0 aromatic carbocycles. The Morgan fingerprint density at radius 1 is 1.12 bits per heavy atom. The fraction of sp³-hybridized carbons (Fsp3) is 0.875. The minimum Gasteiger partial charge on any atom is -0.0880 e. The van der Waals surface area contributed by atoms with Gasteiger partial charge in [-0.05, 0) is 43.4 Å². The third-order valence-electron chi connectivity index (χ3n) is 4.65. The van der Waals surface area contributed by atoms with E-state index in [1.54, 1.807) is 0 Å². The second-order valence-electron chi connectivity index (χ2n) is 5.99. The maximum atomic E-state index is 2.58. The molecule has 0 unspecified atom stereocenters. The Hall–Kier alpha value is -0.260. The van der Waals surface area contributed by atoms with Crippen LogP contribution < -0.4 is 0 Å². The van der Waals surface area contributed by atoms with Crippen molar-refractivity contribution in [2.24, 2.45) is 11.3 Å². The van der Waals surface area contributed by atoms with Crippen molar-refractivity contribution in [3.63, 3.8) is 0 Å². The standard InChI is InChI=1S/C16H28/c1-2-3-4-5-6-7-8-9-12-16-13-10-11-15(16)14-16/h9,12,15H,2-8,10-11,13-14H2,1H3/b12-9+/t15-,16+/m0/s1. The van der Waals surface area contributed by atoms with Crippen LogP contribution in [0.4, 0.5) is 0 Å². The summed E-state index contributed by atoms with van der Waals surface area (Å²) < 4.78 is 0. The largest absolute Gasteiger partial charge is 0.0880 e. The molecule has 0 radical (unpaired) electrons. The monoisotopic (exact) mass is 220 g/mol. The zero-order valence-electron chi connectivity index (χ0n) is 11.0. The van der Waals surface area contributed by atoms with Crippen molar-refractivity contribution in [3.8, 4) is 0 Å². The van der Waals surface area contributed by atoms with Gasteiger partial charge in [-0.25, -0.2) is 0 Å². The van der Waals surface area contributed by atoms with E-state index in [4.69, 9.17) is 0 Å². The summed E-state index contributed by atoms with van der Waals surface area (Å²) >= 11 is 0. The number of rotatable bonds is 8. The Balaban J connectivity index is 1.47. The summed E-state index contributed by atoms with van der Waals surface area (Å²) in [6.07, 6.45) is 21.0. The summed E-state index contributed by atoms with van der Waals surface area (Å²) in [5.74, 6) is 1.09. The van der Waals surface area contributed by atoms with Gasteiger partial charge in [0.15, 0.2) is 0 Å². The molecule has 0 saturated heterocycles. The number of hydrogen-bond donors (Lipinski definition) is 0. The highest BCUT2D eigenvalue weighted by Gasteiger charge is 2.54. The van der Waals surface area contributed by atoms with E-state index in [0.29, 0.717) is 0 Å². The zero-order valence-corrected chi connectivity index (χ0v) is 11.0. The summed E-state index contributed by atoms with van der Waals surface area (Å²) in [6.45, 7) is 2.29. The summed E-state index contributed by atoms with van der Waals surface area (Å²) in [5, 5.41) is 0. The molecular formula is C16H28. The molecule has 0 N–H and O–H groups in total. The number of hydrogen-bond acceptors (Lipinski definition) is 0. The third kappa shape index (κ3) is 3.12. The van der Waals surface area contributed by atoms with Crippen LogP contribution in [0, 0.1) is 11.3 Å². The molecule has 2 atom stereocenters. The van der Waals surface area contributed by atoms with E-state index in [1.807, 2.05) is 0 Å². The maximum absolute atomic E-state index is 2.58. The van der Waals surface area contributed by atoms with Crippen LogP contribution in [0.1, 0.15) is 77.6 Å². The van der Waals surface area contributed by atoms with Crippen LogP contribution in [0.2, 0.25) is 0 Å². The molecular weight excluding hydrogens is 192 g/mol. The van der Waals surface area contributed by atoms with Gasteiger partial charge in [0.1, 0.15) is 0 Å². The highest BCUT2D eigenvalue weighted by molar-refractivity contribution is 5.17. The van der Waals surface area contributed by atoms with E-state index in [0.717, 1.165) is 11.3 Å². The molecule has 2 saturated carbocycles. The Morgan fingerprint density at radius 3 is 2.62 bits per heavy atom. The quantitative estimate of drug-likeness (QED) is 0.375. The van der Waals surface area contributed by atoms with Crippen molar-refractivity contribution < 1.29 is 0 Å². The Labute approximate surface area is 102 Å². The molecule has 2 rings (SSSR count). The predicted molar refractivity (Wildman–Crippen MR) is 71.5 cm³/mol. The second-order valence-corrected chi connectivity index (χ2v) is 5.99. The molecule has 0 aromatic heterocycles. The highest BCUT2D eigenvalue weighted by atomic mass is 14.6. The van der Waals surface area contributed by atoms with Crippen LogP contribution in [-0.4, -0.2) is 0 Å². The van der Waals surface area contributed by atoms with Crippen molar-refractivity contribution >= 4 is 0 Å². The van der Waals surface area contributed by atoms with E-state index < -0.39 is 0 Å². The fourth-order valence-corrected chi connectivity index (χ4v) is 3.42. The molecule has 0 spiro atoms. The predicted octanol–water partition coefficient (Wildman–Crippen LogP) is 5.48. The van der Waals surface area contributed by atoms with Crippen molar-refractivity contribution in [3.05, 3.63) is 12.2 Å². The Morgan fingerprint density at radius 2 is 1.94 bits per heavy atom. The molecule has 2 fully saturated rings. The fourth-order valence-electron chi connectivity index (χ4n) is 3.42. The van der Waals surface area contributed by atoms with Gasteiger partial charge in [-0.15, -0.1) is 0 Å². The average Bonchev–Trinajstić information content (AvgIpc) is 2.84. The molecule has 2 aliphatic rings. The van der Waals surface area contributed by atoms with Crippen LogP contribution in [0.25, 0.3) is 0 Å². The molecule has 0 heteroatoms. The molecule has 0 heterocycles. The summed E-state index contributed by atoms with van der Waals surface area (Å²) in [7, 11) is 0. The van der Waals surface area contributed by atoms with Crippen LogP contribution in [-0.2, 0) is 0 Å². The molecule has 92 valence electrons. The molecule has 0 aromatic rings. The van der Waals surface area contributed by atoms with Gasteiger partial charge in [-0.3, -0.25) is 0 Å². The molecule has 16 heavy (non-hydrogen) atoms. The first-order valence-corrected chi connectivity index (χ1v) is 7.55. The van der Waals surface area contributed by atoms with Crippen LogP contribution in [0.3, 0.4) is 0 Å². The van der Waals surface area contributed by atoms with Gasteiger partial charge in [-0.2, -0.15) is 0 Å². The summed E-state index contributed by atoms with van der Waals surface area (Å²) in [6, 6.07) is 0. The Bertz CT molecular complexity index is 228. The molecule has 2 aliphatic carbocycles. The SMILES string of the molecule is CCCCCCCC/C=C/[C@]12CCC[C@H]1C2. The minimum absolute atomic E-state index is 0.724. The average molecular weight is 220 g/mol. The van der Waals surface area contributed by atoms with Crippen molar-refractivity contribution in [2.45, 2.75) is 77.6 Å². The van der Waals surface area contributed by atoms with Gasteiger partial charge in [0.2, 0.25) is 0 Å². The van der Waals surface area contributed by atoms with Crippen molar-refractivity contribution in [1.29, 1.82) is 0 Å². The number of fused-ring (bicyclic) bond motifs is 1. The number of allylic oxidation sites excluding steroid dienone is 2. The minimum atomic E-state index is 0.724. The van der Waals surface area contributed by atoms with Gasteiger partial charge in [0.25, 0.3) is 0 Å². The highest BCUT2D eigenvalue weighted by Crippen LogP contribution is 2.64. The van der Waals surface area contributed by atoms with Crippen LogP contribution in [0.5, 0.6) is 0 Å². The van der Waals surface area contributed by atoms with Gasteiger partial charge < -0.3 is 0 Å². The smallest absolute Gasteiger partial charge is 0.00867 e. The second kappa shape index (κ2) is 5.89. The van der Waals surface area contributed by atoms with Crippen LogP contribution >= 0.6 is 0 Å². The first kappa shape index (κ1) is 12.2. The molecule has 0 nitrogen and oxygen atoms in total. The van der Waals surface area contributed by atoms with E-state index in [9.17, 15) is 0 Å². The van der Waals surface area contributed by atoms with Gasteiger partial charge in [0, 0.05) is 0 Å². The summed E-state index contributed by atoms with van der Waals surface area (Å²) in [4.78, 5) is 0. The van der Waals surface area contributed by atoms with E-state index in [2.05, 4.69) is 19.1 Å². The van der Waals surface area contributed by atoms with E-state index >= 15 is 0 Å². The third-order valence-corrected chi connectivity index (χ3v) is 4.65. The maximum Gasteiger partial charge on any atom is -0.00867 e. The zero-order chi connectivity index (χ0) is 11.3. The van der Waals surface area contributed by atoms with E-state index in [1.165, 1.54) is 70.6 Å². The van der Waals surface area contributed by atoms with Gasteiger partial charge in [0.05, 0.1) is 0 Å². The Kier molecular flexibility index (Phi) is 4.49. The van der Waals surface area contributed by atoms with Crippen LogP contribution in [0.15, 0.2) is 12.2 Å². The number of unbranched alkanes of at least 4 members (excludes halogenated alkanes) is 6. The molecule has 0 amide bonds. The lowest BCUT2D eigenvalue weighted by Crippen LogP contribution is -1.91. The first-order valence-electron chi connectivity index (χ1n) is 7.55. The normalized spacial score (nSPS) is 32.2. The topological polar surface area (TPSA) is 0 Å². The summed E-state index contributed by atoms with van der Waals surface area (Å²) in [5.41, 5.74) is 0.724. The first-order chi connectivity index (χ1) is 7.87. The van der Waals surface area contributed by atoms with Gasteiger partial charge in [-0.1, -0.05) is 57.6 Å². The lowest BCUT2D eigenvalue weighted by atomic mass is 10.0. The van der Waals surface area contributed by atoms with Crippen molar-refractivity contribution in [1.82, 2.24) is 0 Å².